The molecular formula is C21H22O5S. The van der Waals surface area contributed by atoms with Gasteiger partial charge in [0.25, 0.3) is 0 Å². The lowest BCUT2D eigenvalue weighted by Crippen LogP contribution is -2.08. The molecule has 5 nitrogen and oxygen atoms in total. The van der Waals surface area contributed by atoms with Gasteiger partial charge in [-0.15, -0.1) is 0 Å². The van der Waals surface area contributed by atoms with E-state index >= 15 is 0 Å². The molecule has 0 aromatic heterocycles. The summed E-state index contributed by atoms with van der Waals surface area (Å²) in [6.45, 7) is 2.78. The van der Waals surface area contributed by atoms with Crippen molar-refractivity contribution in [2.75, 3.05) is 12.4 Å². The molecule has 2 aromatic carbocycles. The molecule has 0 amide bonds. The Balaban J connectivity index is 1.95. The maximum absolute atomic E-state index is 12.4. The van der Waals surface area contributed by atoms with Gasteiger partial charge in [-0.3, -0.25) is 0 Å². The first-order valence-electron chi connectivity index (χ1n) is 8.94. The summed E-state index contributed by atoms with van der Waals surface area (Å²) in [5.41, 5.74) is 2.26. The van der Waals surface area contributed by atoms with Gasteiger partial charge in [0.05, 0.1) is 17.3 Å². The Morgan fingerprint density at radius 3 is 2.48 bits per heavy atom. The van der Waals surface area contributed by atoms with Crippen LogP contribution in [-0.2, 0) is 14.6 Å². The van der Waals surface area contributed by atoms with Crippen LogP contribution in [0.4, 0.5) is 0 Å². The average Bonchev–Trinajstić information content (AvgIpc) is 2.78. The van der Waals surface area contributed by atoms with Crippen molar-refractivity contribution in [3.05, 3.63) is 53.6 Å². The van der Waals surface area contributed by atoms with Crippen LogP contribution < -0.4 is 4.74 Å². The number of carboxylic acids is 1. The number of aliphatic carboxylic acids is 1. The number of sulfone groups is 1. The van der Waals surface area contributed by atoms with Crippen molar-refractivity contribution in [2.24, 2.45) is 0 Å². The van der Waals surface area contributed by atoms with E-state index in [1.54, 1.807) is 18.2 Å². The SMILES string of the molecule is CCCCOc1ccc(-c2ccc3c(c2)C=C(C(=O)O)CCS3(=O)=O)cc1. The Labute approximate surface area is 159 Å². The van der Waals surface area contributed by atoms with E-state index in [1.165, 1.54) is 6.08 Å². The number of ether oxygens (including phenoxy) is 1. The van der Waals surface area contributed by atoms with Crippen LogP contribution in [0.1, 0.15) is 31.7 Å². The van der Waals surface area contributed by atoms with Crippen molar-refractivity contribution in [2.45, 2.75) is 31.1 Å². The van der Waals surface area contributed by atoms with Gasteiger partial charge in [0.15, 0.2) is 9.84 Å². The summed E-state index contributed by atoms with van der Waals surface area (Å²) in [5.74, 6) is -0.490. The first-order valence-corrected chi connectivity index (χ1v) is 10.6. The van der Waals surface area contributed by atoms with Gasteiger partial charge >= 0.3 is 5.97 Å². The summed E-state index contributed by atoms with van der Waals surface area (Å²) in [5, 5.41) is 9.29. The molecule has 1 aliphatic heterocycles. The zero-order valence-electron chi connectivity index (χ0n) is 15.1. The van der Waals surface area contributed by atoms with Crippen molar-refractivity contribution >= 4 is 21.9 Å². The Hall–Kier alpha value is -2.60. The van der Waals surface area contributed by atoms with Crippen molar-refractivity contribution in [3.8, 4) is 16.9 Å². The van der Waals surface area contributed by atoms with Crippen LogP contribution in [-0.4, -0.2) is 31.9 Å². The lowest BCUT2D eigenvalue weighted by atomic mass is 10.0. The van der Waals surface area contributed by atoms with E-state index in [2.05, 4.69) is 6.92 Å². The van der Waals surface area contributed by atoms with Crippen molar-refractivity contribution in [1.29, 1.82) is 0 Å². The number of rotatable bonds is 6. The van der Waals surface area contributed by atoms with Gasteiger partial charge in [-0.05, 0) is 59.9 Å². The number of fused-ring (bicyclic) bond motifs is 1. The fourth-order valence-corrected chi connectivity index (χ4v) is 4.45. The Bertz CT molecular complexity index is 972. The molecule has 0 bridgehead atoms. The van der Waals surface area contributed by atoms with Gasteiger partial charge < -0.3 is 9.84 Å². The molecule has 0 aliphatic carbocycles. The van der Waals surface area contributed by atoms with Crippen molar-refractivity contribution < 1.29 is 23.1 Å². The Kier molecular flexibility index (Phi) is 5.65. The van der Waals surface area contributed by atoms with E-state index in [9.17, 15) is 18.3 Å². The summed E-state index contributed by atoms with van der Waals surface area (Å²) in [6.07, 6.45) is 3.54. The molecule has 1 heterocycles. The predicted octanol–water partition coefficient (Wildman–Crippen LogP) is 4.18. The highest BCUT2D eigenvalue weighted by Crippen LogP contribution is 2.31. The third kappa shape index (κ3) is 4.39. The molecule has 1 N–H and O–H groups in total. The van der Waals surface area contributed by atoms with Gasteiger partial charge in [0.2, 0.25) is 0 Å². The molecule has 0 saturated heterocycles. The van der Waals surface area contributed by atoms with E-state index in [1.807, 2.05) is 24.3 Å². The van der Waals surface area contributed by atoms with Crippen LogP contribution in [0.15, 0.2) is 52.9 Å². The summed E-state index contributed by atoms with van der Waals surface area (Å²) in [7, 11) is -3.50. The molecule has 6 heteroatoms. The summed E-state index contributed by atoms with van der Waals surface area (Å²) < 4.78 is 30.5. The molecular weight excluding hydrogens is 364 g/mol. The number of benzene rings is 2. The molecule has 2 aromatic rings. The maximum atomic E-state index is 12.4. The smallest absolute Gasteiger partial charge is 0.331 e. The Morgan fingerprint density at radius 1 is 1.11 bits per heavy atom. The number of hydrogen-bond donors (Lipinski definition) is 1. The van der Waals surface area contributed by atoms with Gasteiger partial charge in [0.1, 0.15) is 5.75 Å². The fourth-order valence-electron chi connectivity index (χ4n) is 2.98. The topological polar surface area (TPSA) is 80.7 Å². The molecule has 0 atom stereocenters. The second-order valence-corrected chi connectivity index (χ2v) is 8.60. The molecule has 3 rings (SSSR count). The molecule has 0 fully saturated rings. The third-order valence-corrected chi connectivity index (χ3v) is 6.33. The monoisotopic (exact) mass is 386 g/mol. The summed E-state index contributed by atoms with van der Waals surface area (Å²) >= 11 is 0. The zero-order valence-corrected chi connectivity index (χ0v) is 16.0. The van der Waals surface area contributed by atoms with Crippen LogP contribution in [0, 0.1) is 0 Å². The molecule has 1 aliphatic rings. The van der Waals surface area contributed by atoms with Crippen LogP contribution in [0.5, 0.6) is 5.75 Å². The molecule has 0 spiro atoms. The van der Waals surface area contributed by atoms with E-state index in [-0.39, 0.29) is 22.6 Å². The molecule has 0 saturated carbocycles. The van der Waals surface area contributed by atoms with Gasteiger partial charge in [-0.25, -0.2) is 13.2 Å². The van der Waals surface area contributed by atoms with Crippen molar-refractivity contribution in [3.63, 3.8) is 0 Å². The zero-order chi connectivity index (χ0) is 19.4. The highest BCUT2D eigenvalue weighted by atomic mass is 32.2. The summed E-state index contributed by atoms with van der Waals surface area (Å²) in [4.78, 5) is 11.5. The van der Waals surface area contributed by atoms with Gasteiger partial charge in [-0.1, -0.05) is 31.5 Å². The van der Waals surface area contributed by atoms with E-state index < -0.39 is 15.8 Å². The lowest BCUT2D eigenvalue weighted by Gasteiger charge is -2.10. The summed E-state index contributed by atoms with van der Waals surface area (Å²) in [6, 6.07) is 12.6. The van der Waals surface area contributed by atoms with Crippen LogP contribution in [0.2, 0.25) is 0 Å². The van der Waals surface area contributed by atoms with Gasteiger partial charge in [-0.2, -0.15) is 0 Å². The predicted molar refractivity (Wildman–Crippen MR) is 105 cm³/mol. The largest absolute Gasteiger partial charge is 0.494 e. The minimum absolute atomic E-state index is 0.00543. The molecule has 27 heavy (non-hydrogen) atoms. The minimum atomic E-state index is -3.50. The first kappa shape index (κ1) is 19.2. The standard InChI is InChI=1S/C21H22O5S/c1-2-3-11-26-19-7-4-15(5-8-19)16-6-9-20-18(13-16)14-17(21(22)23)10-12-27(20,24)25/h4-9,13-14H,2-3,10-12H2,1H3,(H,22,23). The molecule has 0 unspecified atom stereocenters. The third-order valence-electron chi connectivity index (χ3n) is 4.54. The lowest BCUT2D eigenvalue weighted by molar-refractivity contribution is -0.132. The second kappa shape index (κ2) is 7.96. The quantitative estimate of drug-likeness (QED) is 0.754. The maximum Gasteiger partial charge on any atom is 0.331 e. The van der Waals surface area contributed by atoms with Crippen LogP contribution >= 0.6 is 0 Å². The highest BCUT2D eigenvalue weighted by Gasteiger charge is 2.24. The Morgan fingerprint density at radius 2 is 1.81 bits per heavy atom. The van der Waals surface area contributed by atoms with E-state index in [0.29, 0.717) is 12.2 Å². The second-order valence-electron chi connectivity index (χ2n) is 6.52. The van der Waals surface area contributed by atoms with E-state index in [0.717, 1.165) is 29.7 Å². The highest BCUT2D eigenvalue weighted by molar-refractivity contribution is 7.91. The number of hydrogen-bond acceptors (Lipinski definition) is 4. The molecule has 142 valence electrons. The van der Waals surface area contributed by atoms with Crippen LogP contribution in [0.3, 0.4) is 0 Å². The first-order chi connectivity index (χ1) is 12.9. The normalized spacial score (nSPS) is 15.4. The van der Waals surface area contributed by atoms with E-state index in [4.69, 9.17) is 4.74 Å². The van der Waals surface area contributed by atoms with Gasteiger partial charge in [0, 0.05) is 5.57 Å². The number of carbonyl (C=O) groups is 1. The molecule has 0 radical (unpaired) electrons. The van der Waals surface area contributed by atoms with Crippen LogP contribution in [0.25, 0.3) is 17.2 Å². The number of carboxylic acid groups (broad SMARTS) is 1. The number of unbranched alkanes of at least 4 members (excludes halogenated alkanes) is 1. The van der Waals surface area contributed by atoms with Crippen molar-refractivity contribution in [1.82, 2.24) is 0 Å². The fraction of sp³-hybridized carbons (Fsp3) is 0.286. The average molecular weight is 386 g/mol. The minimum Gasteiger partial charge on any atom is -0.494 e.